The van der Waals surface area contributed by atoms with Crippen LogP contribution in [0, 0.1) is 0 Å². The van der Waals surface area contributed by atoms with Crippen LogP contribution in [0.25, 0.3) is 23.0 Å². The molecule has 4 nitrogen and oxygen atoms in total. The molecule has 0 aliphatic rings. The lowest BCUT2D eigenvalue weighted by atomic mass is 10.1. The first kappa shape index (κ1) is 13.8. The Morgan fingerprint density at radius 2 is 1.64 bits per heavy atom. The van der Waals surface area contributed by atoms with Gasteiger partial charge in [0.2, 0.25) is 0 Å². The highest BCUT2D eigenvalue weighted by Gasteiger charge is 2.10. The van der Waals surface area contributed by atoms with Crippen LogP contribution in [0.2, 0.25) is 0 Å². The third kappa shape index (κ3) is 2.96. The van der Waals surface area contributed by atoms with Gasteiger partial charge in [-0.2, -0.15) is 5.10 Å². The summed E-state index contributed by atoms with van der Waals surface area (Å²) in [6.45, 7) is 0. The number of carboxylic acid groups (broad SMARTS) is 1. The molecular formula is C18H14N2O2. The molecule has 1 N–H and O–H groups in total. The molecule has 0 spiro atoms. The van der Waals surface area contributed by atoms with Crippen molar-refractivity contribution >= 4 is 12.0 Å². The van der Waals surface area contributed by atoms with Crippen LogP contribution >= 0.6 is 0 Å². The zero-order valence-corrected chi connectivity index (χ0v) is 11.8. The van der Waals surface area contributed by atoms with Crippen molar-refractivity contribution in [1.82, 2.24) is 9.78 Å². The molecule has 2 aromatic carbocycles. The van der Waals surface area contributed by atoms with Gasteiger partial charge in [0.05, 0.1) is 11.4 Å². The van der Waals surface area contributed by atoms with E-state index in [1.807, 2.05) is 66.9 Å². The SMILES string of the molecule is O=C(O)/C=C/c1cn(-c2ccccc2)nc1-c1ccccc1. The van der Waals surface area contributed by atoms with Crippen LogP contribution in [-0.2, 0) is 4.79 Å². The summed E-state index contributed by atoms with van der Waals surface area (Å²) in [7, 11) is 0. The zero-order valence-electron chi connectivity index (χ0n) is 11.8. The average molecular weight is 290 g/mol. The summed E-state index contributed by atoms with van der Waals surface area (Å²) >= 11 is 0. The van der Waals surface area contributed by atoms with E-state index in [1.54, 1.807) is 10.8 Å². The zero-order chi connectivity index (χ0) is 15.4. The number of aliphatic carboxylic acids is 1. The molecule has 3 aromatic rings. The molecule has 4 heteroatoms. The predicted molar refractivity (Wildman–Crippen MR) is 85.7 cm³/mol. The van der Waals surface area contributed by atoms with E-state index in [0.29, 0.717) is 0 Å². The van der Waals surface area contributed by atoms with Gasteiger partial charge in [0, 0.05) is 23.4 Å². The summed E-state index contributed by atoms with van der Waals surface area (Å²) in [6, 6.07) is 19.4. The number of carbonyl (C=O) groups is 1. The number of benzene rings is 2. The number of para-hydroxylation sites is 1. The van der Waals surface area contributed by atoms with Gasteiger partial charge in [0.1, 0.15) is 0 Å². The van der Waals surface area contributed by atoms with Crippen LogP contribution in [0.4, 0.5) is 0 Å². The Morgan fingerprint density at radius 3 is 2.27 bits per heavy atom. The first-order valence-electron chi connectivity index (χ1n) is 6.85. The molecule has 3 rings (SSSR count). The number of carboxylic acids is 1. The van der Waals surface area contributed by atoms with E-state index in [-0.39, 0.29) is 0 Å². The summed E-state index contributed by atoms with van der Waals surface area (Å²) in [5, 5.41) is 13.4. The third-order valence-corrected chi connectivity index (χ3v) is 3.22. The van der Waals surface area contributed by atoms with Crippen LogP contribution in [-0.4, -0.2) is 20.9 Å². The largest absolute Gasteiger partial charge is 0.478 e. The average Bonchev–Trinajstić information content (AvgIpc) is 2.99. The fraction of sp³-hybridized carbons (Fsp3) is 0. The van der Waals surface area contributed by atoms with Gasteiger partial charge in [-0.05, 0) is 18.2 Å². The lowest BCUT2D eigenvalue weighted by Crippen LogP contribution is -1.93. The van der Waals surface area contributed by atoms with Gasteiger partial charge in [0.25, 0.3) is 0 Å². The Hall–Kier alpha value is -3.14. The Balaban J connectivity index is 2.11. The summed E-state index contributed by atoms with van der Waals surface area (Å²) < 4.78 is 1.75. The fourth-order valence-corrected chi connectivity index (χ4v) is 2.20. The molecule has 0 unspecified atom stereocenters. The van der Waals surface area contributed by atoms with E-state index in [4.69, 9.17) is 5.11 Å². The first-order valence-corrected chi connectivity index (χ1v) is 6.85. The maximum atomic E-state index is 10.8. The smallest absolute Gasteiger partial charge is 0.328 e. The second-order valence-corrected chi connectivity index (χ2v) is 4.75. The number of rotatable bonds is 4. The molecule has 0 aliphatic carbocycles. The second kappa shape index (κ2) is 6.10. The fourth-order valence-electron chi connectivity index (χ4n) is 2.20. The van der Waals surface area contributed by atoms with Gasteiger partial charge in [-0.25, -0.2) is 9.48 Å². The number of hydrogen-bond donors (Lipinski definition) is 1. The molecule has 1 aromatic heterocycles. The minimum atomic E-state index is -0.980. The van der Waals surface area contributed by atoms with E-state index in [1.165, 1.54) is 0 Å². The van der Waals surface area contributed by atoms with Crippen molar-refractivity contribution in [2.45, 2.75) is 0 Å². The Morgan fingerprint density at radius 1 is 1.00 bits per heavy atom. The summed E-state index contributed by atoms with van der Waals surface area (Å²) in [5.74, 6) is -0.980. The van der Waals surface area contributed by atoms with Gasteiger partial charge in [-0.1, -0.05) is 48.5 Å². The van der Waals surface area contributed by atoms with E-state index < -0.39 is 5.97 Å². The Kier molecular flexibility index (Phi) is 3.83. The molecule has 0 fully saturated rings. The van der Waals surface area contributed by atoms with E-state index in [2.05, 4.69) is 5.10 Å². The molecule has 0 bridgehead atoms. The summed E-state index contributed by atoms with van der Waals surface area (Å²) in [6.07, 6.45) is 4.52. The van der Waals surface area contributed by atoms with Crippen molar-refractivity contribution < 1.29 is 9.90 Å². The summed E-state index contributed by atoms with van der Waals surface area (Å²) in [4.78, 5) is 10.8. The van der Waals surface area contributed by atoms with E-state index >= 15 is 0 Å². The molecule has 108 valence electrons. The number of nitrogens with zero attached hydrogens (tertiary/aromatic N) is 2. The lowest BCUT2D eigenvalue weighted by molar-refractivity contribution is -0.131. The molecule has 22 heavy (non-hydrogen) atoms. The molecular weight excluding hydrogens is 276 g/mol. The molecule has 0 aliphatic heterocycles. The van der Waals surface area contributed by atoms with Crippen LogP contribution in [0.5, 0.6) is 0 Å². The monoisotopic (exact) mass is 290 g/mol. The lowest BCUT2D eigenvalue weighted by Gasteiger charge is -2.00. The molecule has 0 amide bonds. The Labute approximate surface area is 128 Å². The molecule has 0 atom stereocenters. The third-order valence-electron chi connectivity index (χ3n) is 3.22. The molecule has 0 radical (unpaired) electrons. The van der Waals surface area contributed by atoms with Gasteiger partial charge >= 0.3 is 5.97 Å². The first-order chi connectivity index (χ1) is 10.7. The quantitative estimate of drug-likeness (QED) is 0.746. The predicted octanol–water partition coefficient (Wildman–Crippen LogP) is 3.64. The summed E-state index contributed by atoms with van der Waals surface area (Å²) in [5.41, 5.74) is 3.39. The highest BCUT2D eigenvalue weighted by Crippen LogP contribution is 2.24. The van der Waals surface area contributed by atoms with Gasteiger partial charge in [-0.15, -0.1) is 0 Å². The number of hydrogen-bond acceptors (Lipinski definition) is 2. The van der Waals surface area contributed by atoms with E-state index in [9.17, 15) is 4.79 Å². The van der Waals surface area contributed by atoms with Crippen LogP contribution < -0.4 is 0 Å². The van der Waals surface area contributed by atoms with Crippen molar-refractivity contribution in [1.29, 1.82) is 0 Å². The van der Waals surface area contributed by atoms with Crippen molar-refractivity contribution in [3.8, 4) is 16.9 Å². The van der Waals surface area contributed by atoms with Crippen LogP contribution in [0.15, 0.2) is 72.9 Å². The van der Waals surface area contributed by atoms with Gasteiger partial charge in [0.15, 0.2) is 0 Å². The highest BCUT2D eigenvalue weighted by molar-refractivity contribution is 5.87. The van der Waals surface area contributed by atoms with Crippen LogP contribution in [0.3, 0.4) is 0 Å². The molecule has 0 saturated heterocycles. The topological polar surface area (TPSA) is 55.1 Å². The maximum absolute atomic E-state index is 10.8. The van der Waals surface area contributed by atoms with Crippen molar-refractivity contribution in [2.75, 3.05) is 0 Å². The Bertz CT molecular complexity index is 806. The van der Waals surface area contributed by atoms with Gasteiger partial charge in [-0.3, -0.25) is 0 Å². The van der Waals surface area contributed by atoms with Crippen molar-refractivity contribution in [3.05, 3.63) is 78.5 Å². The molecule has 1 heterocycles. The molecule has 0 saturated carbocycles. The van der Waals surface area contributed by atoms with Crippen LogP contribution in [0.1, 0.15) is 5.56 Å². The standard InChI is InChI=1S/C18H14N2O2/c21-17(22)12-11-15-13-20(16-9-5-2-6-10-16)19-18(15)14-7-3-1-4-8-14/h1-13H,(H,21,22)/b12-11+. The maximum Gasteiger partial charge on any atom is 0.328 e. The van der Waals surface area contributed by atoms with E-state index in [0.717, 1.165) is 28.6 Å². The minimum absolute atomic E-state index is 0.752. The number of aromatic nitrogens is 2. The van der Waals surface area contributed by atoms with Crippen molar-refractivity contribution in [2.24, 2.45) is 0 Å². The normalized spacial score (nSPS) is 10.9. The van der Waals surface area contributed by atoms with Gasteiger partial charge < -0.3 is 5.11 Å². The van der Waals surface area contributed by atoms with Crippen molar-refractivity contribution in [3.63, 3.8) is 0 Å². The second-order valence-electron chi connectivity index (χ2n) is 4.75. The minimum Gasteiger partial charge on any atom is -0.478 e. The highest BCUT2D eigenvalue weighted by atomic mass is 16.4.